The molecule has 23 heavy (non-hydrogen) atoms. The number of amides is 1. The Labute approximate surface area is 140 Å². The van der Waals surface area contributed by atoms with Crippen LogP contribution in [-0.2, 0) is 0 Å². The Kier molecular flexibility index (Phi) is 4.41. The van der Waals surface area contributed by atoms with E-state index in [1.807, 2.05) is 19.1 Å². The van der Waals surface area contributed by atoms with Crippen LogP contribution in [0, 0.1) is 12.8 Å². The molecule has 0 saturated heterocycles. The molecule has 2 aromatic rings. The van der Waals surface area contributed by atoms with Gasteiger partial charge in [-0.05, 0) is 49.9 Å². The van der Waals surface area contributed by atoms with Crippen LogP contribution in [0.4, 0.5) is 0 Å². The molecule has 0 radical (unpaired) electrons. The standard InChI is InChI=1S/C17H20ClN3O2/c1-11-15(17(23)20(2)10-16(22)12-3-4-12)9-21(19-11)14-7-5-13(18)6-8-14/h5-9,12,16,22H,3-4,10H2,1-2H3. The zero-order chi connectivity index (χ0) is 16.6. The van der Waals surface area contributed by atoms with Crippen LogP contribution in [0.25, 0.3) is 5.69 Å². The quantitative estimate of drug-likeness (QED) is 0.915. The molecule has 1 fully saturated rings. The predicted octanol–water partition coefficient (Wildman–Crippen LogP) is 2.68. The SMILES string of the molecule is Cc1nn(-c2ccc(Cl)cc2)cc1C(=O)N(C)CC(O)C1CC1. The molecule has 1 amide bonds. The minimum Gasteiger partial charge on any atom is -0.391 e. The van der Waals surface area contributed by atoms with Crippen molar-refractivity contribution in [1.29, 1.82) is 0 Å². The first-order valence-corrected chi connectivity index (χ1v) is 8.09. The lowest BCUT2D eigenvalue weighted by atomic mass is 10.2. The second-order valence-electron chi connectivity index (χ2n) is 6.14. The second-order valence-corrected chi connectivity index (χ2v) is 6.58. The number of aliphatic hydroxyl groups excluding tert-OH is 1. The van der Waals surface area contributed by atoms with Crippen molar-refractivity contribution in [3.05, 3.63) is 46.7 Å². The molecule has 1 unspecified atom stereocenters. The fourth-order valence-electron chi connectivity index (χ4n) is 2.60. The number of nitrogens with zero attached hydrogens (tertiary/aromatic N) is 3. The van der Waals surface area contributed by atoms with Crippen LogP contribution in [0.15, 0.2) is 30.5 Å². The lowest BCUT2D eigenvalue weighted by Gasteiger charge is -2.20. The molecule has 5 nitrogen and oxygen atoms in total. The third-order valence-corrected chi connectivity index (χ3v) is 4.45. The molecular weight excluding hydrogens is 314 g/mol. The van der Waals surface area contributed by atoms with Gasteiger partial charge in [0.05, 0.1) is 23.0 Å². The maximum atomic E-state index is 12.6. The van der Waals surface area contributed by atoms with Crippen LogP contribution in [-0.4, -0.2) is 45.4 Å². The number of carbonyl (C=O) groups excluding carboxylic acids is 1. The monoisotopic (exact) mass is 333 g/mol. The molecule has 122 valence electrons. The lowest BCUT2D eigenvalue weighted by Crippen LogP contribution is -2.35. The van der Waals surface area contributed by atoms with Crippen LogP contribution in [0.1, 0.15) is 28.9 Å². The Hall–Kier alpha value is -1.85. The molecule has 0 spiro atoms. The Bertz CT molecular complexity index is 707. The van der Waals surface area contributed by atoms with E-state index < -0.39 is 6.10 Å². The van der Waals surface area contributed by atoms with Gasteiger partial charge in [-0.2, -0.15) is 5.10 Å². The van der Waals surface area contributed by atoms with Gasteiger partial charge in [-0.25, -0.2) is 4.68 Å². The summed E-state index contributed by atoms with van der Waals surface area (Å²) < 4.78 is 1.67. The smallest absolute Gasteiger partial charge is 0.257 e. The Morgan fingerprint density at radius 2 is 2.09 bits per heavy atom. The molecule has 1 saturated carbocycles. The van der Waals surface area contributed by atoms with E-state index in [-0.39, 0.29) is 5.91 Å². The van der Waals surface area contributed by atoms with Gasteiger partial charge in [0.25, 0.3) is 5.91 Å². The van der Waals surface area contributed by atoms with Crippen molar-refractivity contribution in [1.82, 2.24) is 14.7 Å². The maximum absolute atomic E-state index is 12.6. The van der Waals surface area contributed by atoms with Crippen LogP contribution in [0.5, 0.6) is 0 Å². The predicted molar refractivity (Wildman–Crippen MR) is 89.0 cm³/mol. The van der Waals surface area contributed by atoms with Gasteiger partial charge in [0.2, 0.25) is 0 Å². The number of likely N-dealkylation sites (N-methyl/N-ethyl adjacent to an activating group) is 1. The summed E-state index contributed by atoms with van der Waals surface area (Å²) in [6, 6.07) is 7.27. The Balaban J connectivity index is 1.76. The van der Waals surface area contributed by atoms with Gasteiger partial charge >= 0.3 is 0 Å². The first kappa shape index (κ1) is 16.0. The second kappa shape index (κ2) is 6.34. The van der Waals surface area contributed by atoms with E-state index in [4.69, 9.17) is 11.6 Å². The molecule has 1 heterocycles. The molecule has 0 bridgehead atoms. The summed E-state index contributed by atoms with van der Waals surface area (Å²) in [7, 11) is 1.72. The van der Waals surface area contributed by atoms with Gasteiger partial charge in [0.1, 0.15) is 0 Å². The highest BCUT2D eigenvalue weighted by Gasteiger charge is 2.31. The van der Waals surface area contributed by atoms with Gasteiger partial charge in [-0.15, -0.1) is 0 Å². The largest absolute Gasteiger partial charge is 0.391 e. The average molecular weight is 334 g/mol. The van der Waals surface area contributed by atoms with E-state index in [9.17, 15) is 9.90 Å². The normalized spacial score (nSPS) is 15.5. The number of hydrogen-bond donors (Lipinski definition) is 1. The number of aliphatic hydroxyl groups is 1. The van der Waals surface area contributed by atoms with Crippen molar-refractivity contribution in [2.24, 2.45) is 5.92 Å². The summed E-state index contributed by atoms with van der Waals surface area (Å²) in [6.45, 7) is 2.17. The summed E-state index contributed by atoms with van der Waals surface area (Å²) in [5, 5.41) is 15.1. The maximum Gasteiger partial charge on any atom is 0.257 e. The highest BCUT2D eigenvalue weighted by atomic mass is 35.5. The van der Waals surface area contributed by atoms with E-state index in [0.29, 0.717) is 28.7 Å². The summed E-state index contributed by atoms with van der Waals surface area (Å²) in [5.41, 5.74) is 2.06. The Morgan fingerprint density at radius 1 is 1.43 bits per heavy atom. The summed E-state index contributed by atoms with van der Waals surface area (Å²) in [5.74, 6) is 0.227. The fraction of sp³-hybridized carbons (Fsp3) is 0.412. The molecular formula is C17H20ClN3O2. The van der Waals surface area contributed by atoms with Crippen LogP contribution >= 0.6 is 11.6 Å². The van der Waals surface area contributed by atoms with Gasteiger partial charge in [-0.3, -0.25) is 4.79 Å². The van der Waals surface area contributed by atoms with Crippen molar-refractivity contribution in [2.45, 2.75) is 25.9 Å². The molecule has 1 aromatic heterocycles. The van der Waals surface area contributed by atoms with Crippen molar-refractivity contribution < 1.29 is 9.90 Å². The number of benzene rings is 1. The van der Waals surface area contributed by atoms with E-state index >= 15 is 0 Å². The summed E-state index contributed by atoms with van der Waals surface area (Å²) in [4.78, 5) is 14.2. The first-order chi connectivity index (χ1) is 11.0. The first-order valence-electron chi connectivity index (χ1n) is 7.71. The minimum atomic E-state index is -0.435. The molecule has 0 aliphatic heterocycles. The molecule has 1 atom stereocenters. The van der Waals surface area contributed by atoms with Crippen LogP contribution in [0.3, 0.4) is 0 Å². The molecule has 1 aromatic carbocycles. The number of carbonyl (C=O) groups is 1. The number of aromatic nitrogens is 2. The molecule has 3 rings (SSSR count). The number of aryl methyl sites for hydroxylation is 1. The average Bonchev–Trinajstić information content (AvgIpc) is 3.30. The summed E-state index contributed by atoms with van der Waals surface area (Å²) >= 11 is 5.89. The fourth-order valence-corrected chi connectivity index (χ4v) is 2.72. The third kappa shape index (κ3) is 3.57. The van der Waals surface area contributed by atoms with Crippen molar-refractivity contribution >= 4 is 17.5 Å². The van der Waals surface area contributed by atoms with Crippen LogP contribution in [0.2, 0.25) is 5.02 Å². The van der Waals surface area contributed by atoms with E-state index in [1.165, 1.54) is 0 Å². The van der Waals surface area contributed by atoms with E-state index in [1.54, 1.807) is 35.0 Å². The van der Waals surface area contributed by atoms with Gasteiger partial charge in [0, 0.05) is 24.8 Å². The lowest BCUT2D eigenvalue weighted by molar-refractivity contribution is 0.0644. The number of rotatable bonds is 5. The molecule has 1 N–H and O–H groups in total. The molecule has 6 heteroatoms. The molecule has 1 aliphatic rings. The Morgan fingerprint density at radius 3 is 2.70 bits per heavy atom. The van der Waals surface area contributed by atoms with Crippen molar-refractivity contribution in [3.63, 3.8) is 0 Å². The number of hydrogen-bond acceptors (Lipinski definition) is 3. The zero-order valence-corrected chi connectivity index (χ0v) is 14.0. The van der Waals surface area contributed by atoms with Gasteiger partial charge < -0.3 is 10.0 Å². The van der Waals surface area contributed by atoms with Crippen molar-refractivity contribution in [2.75, 3.05) is 13.6 Å². The zero-order valence-electron chi connectivity index (χ0n) is 13.2. The minimum absolute atomic E-state index is 0.123. The highest BCUT2D eigenvalue weighted by molar-refractivity contribution is 6.30. The van der Waals surface area contributed by atoms with Crippen LogP contribution < -0.4 is 0 Å². The molecule has 1 aliphatic carbocycles. The topological polar surface area (TPSA) is 58.4 Å². The highest BCUT2D eigenvalue weighted by Crippen LogP contribution is 2.32. The third-order valence-electron chi connectivity index (χ3n) is 4.19. The van der Waals surface area contributed by atoms with E-state index in [2.05, 4.69) is 5.10 Å². The van der Waals surface area contributed by atoms with Crippen molar-refractivity contribution in [3.8, 4) is 5.69 Å². The van der Waals surface area contributed by atoms with Gasteiger partial charge in [-0.1, -0.05) is 11.6 Å². The summed E-state index contributed by atoms with van der Waals surface area (Å²) in [6.07, 6.45) is 3.39. The number of halogens is 1. The van der Waals surface area contributed by atoms with E-state index in [0.717, 1.165) is 18.5 Å². The van der Waals surface area contributed by atoms with Gasteiger partial charge in [0.15, 0.2) is 0 Å².